The van der Waals surface area contributed by atoms with Crippen LogP contribution in [0.3, 0.4) is 0 Å². The van der Waals surface area contributed by atoms with Crippen LogP contribution in [0.1, 0.15) is 26.3 Å². The quantitative estimate of drug-likeness (QED) is 0.857. The second-order valence-corrected chi connectivity index (χ2v) is 4.63. The summed E-state index contributed by atoms with van der Waals surface area (Å²) in [7, 11) is 0. The molecule has 5 heteroatoms. The first-order valence-electron chi connectivity index (χ1n) is 5.02. The fourth-order valence-corrected chi connectivity index (χ4v) is 1.43. The monoisotopic (exact) mass is 244 g/mol. The first-order valence-corrected chi connectivity index (χ1v) is 5.02. The van der Waals surface area contributed by atoms with E-state index in [4.69, 9.17) is 5.11 Å². The summed E-state index contributed by atoms with van der Waals surface area (Å²) in [6, 6.07) is 2.64. The number of carbonyl (C=O) groups is 1. The Morgan fingerprint density at radius 2 is 1.76 bits per heavy atom. The molecule has 0 fully saturated rings. The van der Waals surface area contributed by atoms with Crippen LogP contribution >= 0.6 is 0 Å². The molecule has 0 aliphatic heterocycles. The summed E-state index contributed by atoms with van der Waals surface area (Å²) in [5, 5.41) is 19.2. The maximum absolute atomic E-state index is 13.5. The molecule has 1 atom stereocenters. The van der Waals surface area contributed by atoms with Crippen molar-refractivity contribution in [1.82, 2.24) is 0 Å². The molecular formula is C12H14F2O3. The summed E-state index contributed by atoms with van der Waals surface area (Å²) in [6.45, 7) is 3.74. The van der Waals surface area contributed by atoms with Gasteiger partial charge in [-0.1, -0.05) is 6.07 Å². The van der Waals surface area contributed by atoms with Crippen molar-refractivity contribution in [3.05, 3.63) is 35.4 Å². The minimum atomic E-state index is -1.95. The average Bonchev–Trinajstić information content (AvgIpc) is 2.16. The van der Waals surface area contributed by atoms with Crippen molar-refractivity contribution in [2.75, 3.05) is 0 Å². The third-order valence-corrected chi connectivity index (χ3v) is 3.21. The molecule has 1 rings (SSSR count). The summed E-state index contributed by atoms with van der Waals surface area (Å²) >= 11 is 0. The Hall–Kier alpha value is -1.49. The van der Waals surface area contributed by atoms with Gasteiger partial charge in [-0.2, -0.15) is 0 Å². The highest BCUT2D eigenvalue weighted by Gasteiger charge is 2.48. The van der Waals surface area contributed by atoms with Gasteiger partial charge in [0.2, 0.25) is 0 Å². The number of rotatable bonds is 3. The van der Waals surface area contributed by atoms with Crippen LogP contribution in [0.15, 0.2) is 18.2 Å². The molecule has 94 valence electrons. The van der Waals surface area contributed by atoms with Gasteiger partial charge in [0.25, 0.3) is 0 Å². The second-order valence-electron chi connectivity index (χ2n) is 4.63. The normalized spacial score (nSPS) is 15.4. The Labute approximate surface area is 97.7 Å². The van der Waals surface area contributed by atoms with Crippen molar-refractivity contribution in [2.24, 2.45) is 5.41 Å². The highest BCUT2D eigenvalue weighted by Crippen LogP contribution is 2.40. The zero-order valence-corrected chi connectivity index (χ0v) is 9.79. The van der Waals surface area contributed by atoms with E-state index in [1.165, 1.54) is 20.8 Å². The number of aliphatic carboxylic acids is 1. The Bertz CT molecular complexity index is 453. The van der Waals surface area contributed by atoms with Gasteiger partial charge in [0.05, 0.1) is 5.41 Å². The third-order valence-electron chi connectivity index (χ3n) is 3.21. The van der Waals surface area contributed by atoms with Gasteiger partial charge in [0.15, 0.2) is 0 Å². The van der Waals surface area contributed by atoms with Crippen LogP contribution in [0, 0.1) is 17.0 Å². The zero-order chi connectivity index (χ0) is 13.4. The zero-order valence-electron chi connectivity index (χ0n) is 9.79. The van der Waals surface area contributed by atoms with E-state index in [0.29, 0.717) is 6.07 Å². The highest BCUT2D eigenvalue weighted by atomic mass is 19.1. The molecule has 3 nitrogen and oxygen atoms in total. The lowest BCUT2D eigenvalue weighted by atomic mass is 9.72. The van der Waals surface area contributed by atoms with Gasteiger partial charge in [-0.15, -0.1) is 0 Å². The predicted molar refractivity (Wildman–Crippen MR) is 57.3 cm³/mol. The molecule has 0 amide bonds. The maximum atomic E-state index is 13.5. The molecule has 0 heterocycles. The molecule has 0 aliphatic carbocycles. The van der Waals surface area contributed by atoms with Gasteiger partial charge in [-0.05, 0) is 26.8 Å². The van der Waals surface area contributed by atoms with Gasteiger partial charge in [-0.25, -0.2) is 8.78 Å². The summed E-state index contributed by atoms with van der Waals surface area (Å²) < 4.78 is 26.3. The predicted octanol–water partition coefficient (Wildman–Crippen LogP) is 2.28. The van der Waals surface area contributed by atoms with Gasteiger partial charge < -0.3 is 10.2 Å². The molecule has 1 unspecified atom stereocenters. The smallest absolute Gasteiger partial charge is 0.312 e. The molecule has 17 heavy (non-hydrogen) atoms. The number of hydrogen-bond acceptors (Lipinski definition) is 2. The minimum absolute atomic E-state index is 0.244. The largest absolute Gasteiger partial charge is 0.481 e. The van der Waals surface area contributed by atoms with E-state index in [9.17, 15) is 18.7 Å². The lowest BCUT2D eigenvalue weighted by Gasteiger charge is -2.37. The van der Waals surface area contributed by atoms with Crippen LogP contribution in [0.25, 0.3) is 0 Å². The van der Waals surface area contributed by atoms with Gasteiger partial charge >= 0.3 is 5.97 Å². The Balaban J connectivity index is 3.35. The SMILES string of the molecule is CC(C)(C(=O)O)C(C)(O)c1ccc(F)cc1F. The van der Waals surface area contributed by atoms with Crippen molar-refractivity contribution in [3.8, 4) is 0 Å². The van der Waals surface area contributed by atoms with E-state index < -0.39 is 28.6 Å². The fourth-order valence-electron chi connectivity index (χ4n) is 1.43. The summed E-state index contributed by atoms with van der Waals surface area (Å²) in [5.41, 5.74) is -3.80. The lowest BCUT2D eigenvalue weighted by Crippen LogP contribution is -2.45. The van der Waals surface area contributed by atoms with Crippen molar-refractivity contribution >= 4 is 5.97 Å². The van der Waals surface area contributed by atoms with E-state index in [-0.39, 0.29) is 5.56 Å². The van der Waals surface area contributed by atoms with E-state index in [1.807, 2.05) is 0 Å². The van der Waals surface area contributed by atoms with Crippen molar-refractivity contribution < 1.29 is 23.8 Å². The van der Waals surface area contributed by atoms with Crippen LogP contribution in [0.4, 0.5) is 8.78 Å². The summed E-state index contributed by atoms with van der Waals surface area (Å²) in [6.07, 6.45) is 0. The Morgan fingerprint density at radius 3 is 2.18 bits per heavy atom. The number of carboxylic acids is 1. The molecule has 0 spiro atoms. The molecule has 0 saturated carbocycles. The van der Waals surface area contributed by atoms with E-state index >= 15 is 0 Å². The molecular weight excluding hydrogens is 230 g/mol. The molecule has 0 saturated heterocycles. The summed E-state index contributed by atoms with van der Waals surface area (Å²) in [5.74, 6) is -3.02. The van der Waals surface area contributed by atoms with E-state index in [0.717, 1.165) is 12.1 Å². The second kappa shape index (κ2) is 4.07. The topological polar surface area (TPSA) is 57.5 Å². The van der Waals surface area contributed by atoms with Crippen molar-refractivity contribution in [3.63, 3.8) is 0 Å². The average molecular weight is 244 g/mol. The third kappa shape index (κ3) is 2.15. The van der Waals surface area contributed by atoms with Gasteiger partial charge in [0.1, 0.15) is 17.2 Å². The number of aliphatic hydroxyl groups is 1. The Kier molecular flexibility index (Phi) is 3.25. The van der Waals surface area contributed by atoms with Crippen LogP contribution in [-0.4, -0.2) is 16.2 Å². The standard InChI is InChI=1S/C12H14F2O3/c1-11(2,10(15)16)12(3,17)8-5-4-7(13)6-9(8)14/h4-6,17H,1-3H3,(H,15,16). The first-order chi connectivity index (χ1) is 7.60. The van der Waals surface area contributed by atoms with Gasteiger partial charge in [0, 0.05) is 11.6 Å². The Morgan fingerprint density at radius 1 is 1.24 bits per heavy atom. The first kappa shape index (κ1) is 13.6. The minimum Gasteiger partial charge on any atom is -0.481 e. The maximum Gasteiger partial charge on any atom is 0.312 e. The number of hydrogen-bond donors (Lipinski definition) is 2. The van der Waals surface area contributed by atoms with E-state index in [2.05, 4.69) is 0 Å². The molecule has 0 aromatic heterocycles. The molecule has 1 aromatic rings. The number of benzene rings is 1. The highest BCUT2D eigenvalue weighted by molar-refractivity contribution is 5.75. The van der Waals surface area contributed by atoms with Gasteiger partial charge in [-0.3, -0.25) is 4.79 Å². The number of carboxylic acid groups (broad SMARTS) is 1. The molecule has 1 aromatic carbocycles. The van der Waals surface area contributed by atoms with Crippen LogP contribution in [0.2, 0.25) is 0 Å². The molecule has 0 aliphatic rings. The summed E-state index contributed by atoms with van der Waals surface area (Å²) in [4.78, 5) is 11.1. The molecule has 0 radical (unpaired) electrons. The fraction of sp³-hybridized carbons (Fsp3) is 0.417. The molecule has 0 bridgehead atoms. The van der Waals surface area contributed by atoms with E-state index in [1.54, 1.807) is 0 Å². The van der Waals surface area contributed by atoms with Crippen molar-refractivity contribution in [2.45, 2.75) is 26.4 Å². The molecule has 2 N–H and O–H groups in total. The van der Waals surface area contributed by atoms with Crippen LogP contribution in [-0.2, 0) is 10.4 Å². The van der Waals surface area contributed by atoms with Crippen molar-refractivity contribution in [1.29, 1.82) is 0 Å². The number of halogens is 2. The van der Waals surface area contributed by atoms with Crippen LogP contribution in [0.5, 0.6) is 0 Å². The van der Waals surface area contributed by atoms with Crippen LogP contribution < -0.4 is 0 Å². The lowest BCUT2D eigenvalue weighted by molar-refractivity contribution is -0.164.